The number of hydrogen-bond donors (Lipinski definition) is 1. The maximum atomic E-state index is 12.9. The number of rotatable bonds is 8. The fraction of sp³-hybridized carbons (Fsp3) is 0.136. The lowest BCUT2D eigenvalue weighted by atomic mass is 10.3. The number of hydrogen-bond acceptors (Lipinski definition) is 5. The number of carbonyl (C=O) groups is 1. The molecule has 0 spiro atoms. The Balaban J connectivity index is 1.73. The molecule has 0 saturated heterocycles. The van der Waals surface area contributed by atoms with E-state index in [9.17, 15) is 13.2 Å². The van der Waals surface area contributed by atoms with E-state index in [-0.39, 0.29) is 17.4 Å². The van der Waals surface area contributed by atoms with Crippen LogP contribution in [-0.2, 0) is 14.8 Å². The summed E-state index contributed by atoms with van der Waals surface area (Å²) in [6.07, 6.45) is 0. The Hall–Kier alpha value is -2.97. The van der Waals surface area contributed by atoms with E-state index >= 15 is 0 Å². The average Bonchev–Trinajstić information content (AvgIpc) is 2.74. The molecule has 8 heteroatoms. The molecule has 0 aromatic heterocycles. The molecule has 0 saturated carbocycles. The van der Waals surface area contributed by atoms with Crippen LogP contribution in [0.5, 0.6) is 5.75 Å². The van der Waals surface area contributed by atoms with Crippen LogP contribution in [0.15, 0.2) is 93.5 Å². The van der Waals surface area contributed by atoms with Crippen molar-refractivity contribution in [3.05, 3.63) is 78.9 Å². The summed E-state index contributed by atoms with van der Waals surface area (Å²) >= 11 is 1.48. The smallest absolute Gasteiger partial charge is 0.261 e. The van der Waals surface area contributed by atoms with Crippen LogP contribution < -0.4 is 9.46 Å². The van der Waals surface area contributed by atoms with Gasteiger partial charge in [-0.25, -0.2) is 8.42 Å². The summed E-state index contributed by atoms with van der Waals surface area (Å²) in [4.78, 5) is 14.9. The molecule has 30 heavy (non-hydrogen) atoms. The maximum Gasteiger partial charge on any atom is 0.261 e. The summed E-state index contributed by atoms with van der Waals surface area (Å²) in [6, 6.07) is 22.9. The number of anilines is 1. The summed E-state index contributed by atoms with van der Waals surface area (Å²) < 4.78 is 33.8. The van der Waals surface area contributed by atoms with Gasteiger partial charge in [-0.15, -0.1) is 0 Å². The van der Waals surface area contributed by atoms with E-state index < -0.39 is 10.0 Å². The monoisotopic (exact) mass is 442 g/mol. The highest BCUT2D eigenvalue weighted by Crippen LogP contribution is 2.34. The van der Waals surface area contributed by atoms with Gasteiger partial charge in [-0.2, -0.15) is 0 Å². The first kappa shape index (κ1) is 21.7. The van der Waals surface area contributed by atoms with Crippen molar-refractivity contribution in [1.29, 1.82) is 0 Å². The molecule has 0 aliphatic rings. The number of ether oxygens (including phenoxy) is 1. The number of nitrogens with zero attached hydrogens (tertiary/aromatic N) is 1. The van der Waals surface area contributed by atoms with E-state index in [1.165, 1.54) is 40.9 Å². The Morgan fingerprint density at radius 3 is 2.23 bits per heavy atom. The molecule has 0 fully saturated rings. The van der Waals surface area contributed by atoms with Crippen molar-refractivity contribution >= 4 is 33.4 Å². The minimum Gasteiger partial charge on any atom is -0.484 e. The van der Waals surface area contributed by atoms with Gasteiger partial charge in [0.25, 0.3) is 15.9 Å². The molecular weight excluding hydrogens is 420 g/mol. The molecule has 3 aromatic carbocycles. The van der Waals surface area contributed by atoms with Crippen LogP contribution in [0, 0.1) is 0 Å². The molecule has 0 radical (unpaired) electrons. The molecule has 1 N–H and O–H groups in total. The van der Waals surface area contributed by atoms with Crippen molar-refractivity contribution in [2.75, 3.05) is 25.4 Å². The Labute approximate surface area is 180 Å². The maximum absolute atomic E-state index is 12.9. The quantitative estimate of drug-likeness (QED) is 0.568. The lowest BCUT2D eigenvalue weighted by Gasteiger charge is -2.13. The lowest BCUT2D eigenvalue weighted by Crippen LogP contribution is -2.27. The van der Waals surface area contributed by atoms with Crippen molar-refractivity contribution in [3.8, 4) is 5.75 Å². The third-order valence-corrected chi connectivity index (χ3v) is 6.56. The zero-order chi connectivity index (χ0) is 21.6. The van der Waals surface area contributed by atoms with Crippen LogP contribution in [0.1, 0.15) is 0 Å². The molecule has 0 aliphatic heterocycles. The van der Waals surface area contributed by atoms with Gasteiger partial charge in [0, 0.05) is 23.9 Å². The summed E-state index contributed by atoms with van der Waals surface area (Å²) in [7, 11) is -0.504. The SMILES string of the molecule is CN(C)C(=O)COc1ccc(S(=O)(=O)Nc2ccccc2Sc2ccccc2)cc1. The molecular formula is C22H22N2O4S2. The number of sulfonamides is 1. The Bertz CT molecular complexity index is 1100. The van der Waals surface area contributed by atoms with Gasteiger partial charge in [0.15, 0.2) is 6.61 Å². The number of carbonyl (C=O) groups excluding carboxylic acids is 1. The number of para-hydroxylation sites is 1. The minimum atomic E-state index is -3.78. The van der Waals surface area contributed by atoms with Crippen LogP contribution in [0.2, 0.25) is 0 Å². The Morgan fingerprint density at radius 2 is 1.57 bits per heavy atom. The van der Waals surface area contributed by atoms with E-state index in [2.05, 4.69) is 4.72 Å². The highest BCUT2D eigenvalue weighted by Gasteiger charge is 2.17. The normalized spacial score (nSPS) is 11.0. The Kier molecular flexibility index (Phi) is 7.02. The van der Waals surface area contributed by atoms with Gasteiger partial charge >= 0.3 is 0 Å². The molecule has 0 atom stereocenters. The van der Waals surface area contributed by atoms with Crippen LogP contribution >= 0.6 is 11.8 Å². The third kappa shape index (κ3) is 5.77. The van der Waals surface area contributed by atoms with Gasteiger partial charge in [0.05, 0.1) is 10.6 Å². The Morgan fingerprint density at radius 1 is 0.933 bits per heavy atom. The number of likely N-dealkylation sites (N-methyl/N-ethyl adjacent to an activating group) is 1. The van der Waals surface area contributed by atoms with Crippen molar-refractivity contribution in [1.82, 2.24) is 4.90 Å². The van der Waals surface area contributed by atoms with Crippen molar-refractivity contribution in [2.45, 2.75) is 14.7 Å². The summed E-state index contributed by atoms with van der Waals surface area (Å²) in [5.41, 5.74) is 0.503. The molecule has 0 bridgehead atoms. The van der Waals surface area contributed by atoms with Gasteiger partial charge in [-0.05, 0) is 48.5 Å². The van der Waals surface area contributed by atoms with Crippen LogP contribution in [-0.4, -0.2) is 39.9 Å². The standard InChI is InChI=1S/C22H22N2O4S2/c1-24(2)22(25)16-28-17-12-14-19(15-13-17)30(26,27)23-20-10-6-7-11-21(20)29-18-8-4-3-5-9-18/h3-15,23H,16H2,1-2H3. The number of nitrogens with one attached hydrogen (secondary N) is 1. The van der Waals surface area contributed by atoms with E-state index in [4.69, 9.17) is 4.74 Å². The number of amides is 1. The first-order valence-corrected chi connectivity index (χ1v) is 11.4. The van der Waals surface area contributed by atoms with E-state index in [1.54, 1.807) is 26.2 Å². The lowest BCUT2D eigenvalue weighted by molar-refractivity contribution is -0.130. The molecule has 0 heterocycles. The molecule has 156 valence electrons. The second-order valence-electron chi connectivity index (χ2n) is 6.57. The summed E-state index contributed by atoms with van der Waals surface area (Å²) in [5.74, 6) is 0.241. The first-order valence-electron chi connectivity index (χ1n) is 9.13. The topological polar surface area (TPSA) is 75.7 Å². The summed E-state index contributed by atoms with van der Waals surface area (Å²) in [5, 5.41) is 0. The molecule has 1 amide bonds. The predicted molar refractivity (Wildman–Crippen MR) is 118 cm³/mol. The van der Waals surface area contributed by atoms with E-state index in [0.717, 1.165) is 9.79 Å². The van der Waals surface area contributed by atoms with Gasteiger partial charge < -0.3 is 9.64 Å². The first-order chi connectivity index (χ1) is 14.3. The zero-order valence-corrected chi connectivity index (χ0v) is 18.2. The van der Waals surface area contributed by atoms with E-state index in [0.29, 0.717) is 11.4 Å². The van der Waals surface area contributed by atoms with Crippen LogP contribution in [0.25, 0.3) is 0 Å². The van der Waals surface area contributed by atoms with Crippen molar-refractivity contribution < 1.29 is 17.9 Å². The van der Waals surface area contributed by atoms with Crippen LogP contribution in [0.4, 0.5) is 5.69 Å². The summed E-state index contributed by atoms with van der Waals surface area (Å²) in [6.45, 7) is -0.110. The van der Waals surface area contributed by atoms with E-state index in [1.807, 2.05) is 42.5 Å². The van der Waals surface area contributed by atoms with Crippen molar-refractivity contribution in [3.63, 3.8) is 0 Å². The molecule has 6 nitrogen and oxygen atoms in total. The fourth-order valence-electron chi connectivity index (χ4n) is 2.45. The highest BCUT2D eigenvalue weighted by molar-refractivity contribution is 7.99. The zero-order valence-electron chi connectivity index (χ0n) is 16.6. The van der Waals surface area contributed by atoms with Crippen molar-refractivity contribution in [2.24, 2.45) is 0 Å². The van der Waals surface area contributed by atoms with Gasteiger partial charge in [-0.3, -0.25) is 9.52 Å². The molecule has 3 aromatic rings. The molecule has 3 rings (SSSR count). The fourth-order valence-corrected chi connectivity index (χ4v) is 4.52. The third-order valence-electron chi connectivity index (χ3n) is 4.10. The minimum absolute atomic E-state index is 0.105. The molecule has 0 unspecified atom stereocenters. The largest absolute Gasteiger partial charge is 0.484 e. The van der Waals surface area contributed by atoms with Crippen LogP contribution in [0.3, 0.4) is 0 Å². The second kappa shape index (κ2) is 9.69. The predicted octanol–water partition coefficient (Wildman–Crippen LogP) is 4.11. The van der Waals surface area contributed by atoms with Gasteiger partial charge in [0.1, 0.15) is 5.75 Å². The second-order valence-corrected chi connectivity index (χ2v) is 9.36. The highest BCUT2D eigenvalue weighted by atomic mass is 32.2. The van der Waals surface area contributed by atoms with Gasteiger partial charge in [0.2, 0.25) is 0 Å². The average molecular weight is 443 g/mol. The van der Waals surface area contributed by atoms with Gasteiger partial charge in [-0.1, -0.05) is 42.1 Å². The number of benzene rings is 3. The molecule has 0 aliphatic carbocycles.